The van der Waals surface area contributed by atoms with Crippen LogP contribution in [0.15, 0.2) is 20.0 Å². The molecule has 0 atom stereocenters. The van der Waals surface area contributed by atoms with Crippen LogP contribution in [-0.2, 0) is 84.7 Å². The first kappa shape index (κ1) is 80.6. The maximum atomic E-state index is 11.6. The second-order valence-electron chi connectivity index (χ2n) is 12.1. The third kappa shape index (κ3) is 37.6. The number of amidine groups is 4. The summed E-state index contributed by atoms with van der Waals surface area (Å²) in [7, 11) is 2.00. The van der Waals surface area contributed by atoms with Crippen molar-refractivity contribution in [2.45, 2.75) is 111 Å². The van der Waals surface area contributed by atoms with Gasteiger partial charge in [0.2, 0.25) is 0 Å². The van der Waals surface area contributed by atoms with Gasteiger partial charge in [-0.25, -0.2) is 39.1 Å². The SMILES string of the molecule is CCN(CC)C(=O)/N=C(\[S-])N(CC)CC.CCN(CC)C(=O)/N=C(\[S-])N(CC)CC.CCN(CC)C(=O)/N=C(\[S-])N(CC)CC.CCN(CC)C(=O)/N=C(\[S-])N(CC)CC.CO.CO.[Fe+2].[Fe+2]. The Bertz CT molecular complexity index is 1100. The Hall–Kier alpha value is -2.40. The van der Waals surface area contributed by atoms with Crippen molar-refractivity contribution in [1.29, 1.82) is 0 Å². The van der Waals surface area contributed by atoms with E-state index in [-0.39, 0.29) is 58.3 Å². The summed E-state index contributed by atoms with van der Waals surface area (Å²) in [6.45, 7) is 43.0. The molecule has 0 bridgehead atoms. The maximum absolute atomic E-state index is 11.6. The van der Waals surface area contributed by atoms with Crippen molar-refractivity contribution in [3.05, 3.63) is 0 Å². The van der Waals surface area contributed by atoms with Crippen molar-refractivity contribution >= 4 is 95.3 Å². The molecule has 0 saturated carbocycles. The van der Waals surface area contributed by atoms with E-state index >= 15 is 0 Å². The van der Waals surface area contributed by atoms with Crippen LogP contribution < -0.4 is 0 Å². The van der Waals surface area contributed by atoms with E-state index in [1.165, 1.54) is 0 Å². The van der Waals surface area contributed by atoms with Crippen molar-refractivity contribution in [3.63, 3.8) is 0 Å². The number of urea groups is 4. The molecule has 0 heterocycles. The second kappa shape index (κ2) is 55.2. The van der Waals surface area contributed by atoms with Gasteiger partial charge in [0.05, 0.1) is 0 Å². The fourth-order valence-electron chi connectivity index (χ4n) is 4.85. The van der Waals surface area contributed by atoms with E-state index in [1.54, 1.807) is 19.6 Å². The van der Waals surface area contributed by atoms with E-state index in [2.05, 4.69) is 20.0 Å². The van der Waals surface area contributed by atoms with Crippen molar-refractivity contribution in [2.24, 2.45) is 20.0 Å². The Morgan fingerprint density at radius 1 is 0.273 bits per heavy atom. The molecular formula is C42H88Fe2N12O6S4. The Balaban J connectivity index is -0.000000109. The van der Waals surface area contributed by atoms with Gasteiger partial charge >= 0.3 is 58.3 Å². The van der Waals surface area contributed by atoms with Crippen molar-refractivity contribution in [1.82, 2.24) is 39.2 Å². The minimum absolute atomic E-state index is 0. The molecule has 2 N–H and O–H groups in total. The first-order valence-electron chi connectivity index (χ1n) is 22.5. The van der Waals surface area contributed by atoms with Crippen LogP contribution in [0, 0.1) is 0 Å². The van der Waals surface area contributed by atoms with Gasteiger partial charge in [0.25, 0.3) is 0 Å². The topological polar surface area (TPSA) is 184 Å². The van der Waals surface area contributed by atoms with Gasteiger partial charge in [-0.1, -0.05) is 0 Å². The average molecular weight is 1100 g/mol. The van der Waals surface area contributed by atoms with E-state index in [0.717, 1.165) is 66.6 Å². The molecule has 0 aromatic carbocycles. The molecule has 24 heteroatoms. The summed E-state index contributed by atoms with van der Waals surface area (Å²) in [5.74, 6) is 0. The molecule has 18 nitrogen and oxygen atoms in total. The van der Waals surface area contributed by atoms with Crippen LogP contribution in [0.5, 0.6) is 0 Å². The number of nitrogens with zero attached hydrogens (tertiary/aromatic N) is 12. The number of carbonyl (C=O) groups is 4. The number of rotatable bonds is 16. The number of hydrogen-bond donors (Lipinski definition) is 2. The first-order valence-corrected chi connectivity index (χ1v) is 24.1. The number of amides is 8. The molecule has 0 unspecified atom stereocenters. The molecule has 0 spiro atoms. The van der Waals surface area contributed by atoms with Crippen LogP contribution in [-0.4, -0.2) is 213 Å². The smallest absolute Gasteiger partial charge is 0.742 e. The Labute approximate surface area is 444 Å². The quantitative estimate of drug-likeness (QED) is 0.0796. The summed E-state index contributed by atoms with van der Waals surface area (Å²) in [6.07, 6.45) is 0. The molecule has 0 aromatic rings. The minimum Gasteiger partial charge on any atom is -0.742 e. The van der Waals surface area contributed by atoms with Gasteiger partial charge in [-0.3, -0.25) is 0 Å². The second-order valence-corrected chi connectivity index (χ2v) is 13.5. The molecule has 0 rings (SSSR count). The molecule has 0 aliphatic carbocycles. The molecule has 0 radical (unpaired) electrons. The first-order chi connectivity index (χ1) is 30.4. The third-order valence-corrected chi connectivity index (χ3v) is 10.4. The summed E-state index contributed by atoms with van der Waals surface area (Å²) in [6, 6.07) is -0.956. The zero-order valence-electron chi connectivity index (χ0n) is 43.5. The fourth-order valence-corrected chi connectivity index (χ4v) is 6.19. The van der Waals surface area contributed by atoms with Crippen LogP contribution in [0.1, 0.15) is 111 Å². The molecule has 0 fully saturated rings. The van der Waals surface area contributed by atoms with Gasteiger partial charge < -0.3 is 99.9 Å². The van der Waals surface area contributed by atoms with Crippen molar-refractivity contribution < 1.29 is 63.5 Å². The molecule has 8 amide bonds. The molecular weight excluding hydrogens is 1010 g/mol. The zero-order chi connectivity index (χ0) is 51.4. The van der Waals surface area contributed by atoms with Gasteiger partial charge in [-0.05, 0) is 131 Å². The number of hydrogen-bond acceptors (Lipinski definition) is 10. The van der Waals surface area contributed by atoms with E-state index < -0.39 is 0 Å². The van der Waals surface area contributed by atoms with Crippen LogP contribution in [0.4, 0.5) is 19.2 Å². The van der Waals surface area contributed by atoms with E-state index in [1.807, 2.05) is 130 Å². The predicted octanol–water partition coefficient (Wildman–Crippen LogP) is 5.98. The summed E-state index contributed by atoms with van der Waals surface area (Å²) < 4.78 is 0. The van der Waals surface area contributed by atoms with Crippen molar-refractivity contribution in [3.8, 4) is 0 Å². The molecule has 0 aliphatic rings. The summed E-state index contributed by atoms with van der Waals surface area (Å²) in [5.41, 5.74) is 0. The Kier molecular flexibility index (Phi) is 67.4. The fraction of sp³-hybridized carbons (Fsp3) is 0.810. The van der Waals surface area contributed by atoms with Crippen LogP contribution >= 0.6 is 0 Å². The average Bonchev–Trinajstić information content (AvgIpc) is 3.29. The molecule has 392 valence electrons. The van der Waals surface area contributed by atoms with Crippen LogP contribution in [0.2, 0.25) is 0 Å². The Morgan fingerprint density at radius 3 is 0.439 bits per heavy atom. The zero-order valence-corrected chi connectivity index (χ0v) is 49.0. The number of aliphatic imine (C=N–C) groups is 4. The van der Waals surface area contributed by atoms with Gasteiger partial charge in [-0.15, -0.1) is 0 Å². The van der Waals surface area contributed by atoms with E-state index in [9.17, 15) is 19.2 Å². The van der Waals surface area contributed by atoms with Crippen LogP contribution in [0.3, 0.4) is 0 Å². The molecule has 0 aromatic heterocycles. The monoisotopic (exact) mass is 1100 g/mol. The standard InChI is InChI=1S/4C10H21N3OS.2CH4O.2Fe/c4*1-5-12(6-2)9(14)11-10(15)13(7-3)8-4;2*1-2;;/h4*5-8H2,1-4H3,(H,11,14,15);2*2H,1H3;;/q;;;;;;2*+2/p-4. The summed E-state index contributed by atoms with van der Waals surface area (Å²) >= 11 is 20.3. The van der Waals surface area contributed by atoms with E-state index in [4.69, 9.17) is 60.7 Å². The summed E-state index contributed by atoms with van der Waals surface area (Å²) in [4.78, 5) is 76.1. The maximum Gasteiger partial charge on any atom is 2.00 e. The normalized spacial score (nSPS) is 10.5. The number of aliphatic hydroxyl groups excluding tert-OH is 2. The van der Waals surface area contributed by atoms with Gasteiger partial charge in [0.15, 0.2) is 0 Å². The Morgan fingerprint density at radius 2 is 0.364 bits per heavy atom. The molecule has 0 aliphatic heterocycles. The summed E-state index contributed by atoms with van der Waals surface area (Å²) in [5, 5.41) is 15.5. The number of aliphatic hydroxyl groups is 2. The third-order valence-electron chi connectivity index (χ3n) is 9.04. The van der Waals surface area contributed by atoms with Crippen molar-refractivity contribution in [2.75, 3.05) is 119 Å². The predicted molar refractivity (Wildman–Crippen MR) is 280 cm³/mol. The minimum atomic E-state index is -0.239. The number of carbonyl (C=O) groups excluding carboxylic acids is 4. The van der Waals surface area contributed by atoms with E-state index in [0.29, 0.717) is 73.0 Å². The van der Waals surface area contributed by atoms with Gasteiger partial charge in [-0.2, -0.15) is 0 Å². The largest absolute Gasteiger partial charge is 2.00 e. The molecule has 0 saturated heterocycles. The van der Waals surface area contributed by atoms with Gasteiger partial charge in [0.1, 0.15) is 0 Å². The molecule has 66 heavy (non-hydrogen) atoms. The van der Waals surface area contributed by atoms with Gasteiger partial charge in [0, 0.05) is 119 Å². The van der Waals surface area contributed by atoms with Crippen LogP contribution in [0.25, 0.3) is 0 Å².